The Morgan fingerprint density at radius 3 is 1.00 bits per heavy atom. The molecule has 0 saturated carbocycles. The number of aliphatic carboxylic acids is 1. The molecule has 0 rings (SSSR count). The van der Waals surface area contributed by atoms with Crippen LogP contribution in [0.3, 0.4) is 0 Å². The van der Waals surface area contributed by atoms with Crippen LogP contribution in [-0.4, -0.2) is 5.97 Å². The first kappa shape index (κ1) is 27.2. The van der Waals surface area contributed by atoms with Gasteiger partial charge in [0.2, 0.25) is 0 Å². The van der Waals surface area contributed by atoms with Gasteiger partial charge in [-0.25, -0.2) is 0 Å². The molecule has 0 spiro atoms. The van der Waals surface area contributed by atoms with Crippen LogP contribution >= 0.6 is 0 Å². The smallest absolute Gasteiger partial charge is 0.550 e. The number of halogens is 1. The summed E-state index contributed by atoms with van der Waals surface area (Å²) in [5.41, 5.74) is 0. The van der Waals surface area contributed by atoms with Gasteiger partial charge in [0, 0.05) is 5.97 Å². The maximum atomic E-state index is 10.3. The molecule has 0 aromatic heterocycles. The summed E-state index contributed by atoms with van der Waals surface area (Å²) in [6, 6.07) is 0. The van der Waals surface area contributed by atoms with Crippen LogP contribution in [0, 0.1) is 17.0 Å². The lowest BCUT2D eigenvalue weighted by Gasteiger charge is -2.04. The van der Waals surface area contributed by atoms with Crippen LogP contribution < -0.4 is 5.11 Å². The van der Waals surface area contributed by atoms with Crippen molar-refractivity contribution in [3.05, 3.63) is 0 Å². The van der Waals surface area contributed by atoms with Crippen molar-refractivity contribution in [3.8, 4) is 0 Å². The number of hydrogen-bond acceptors (Lipinski definition) is 2. The highest BCUT2D eigenvalue weighted by atomic mass is 79.9. The first-order chi connectivity index (χ1) is 11.8. The van der Waals surface area contributed by atoms with E-state index >= 15 is 0 Å². The summed E-state index contributed by atoms with van der Waals surface area (Å²) in [6.45, 7) is 2.28. The van der Waals surface area contributed by atoms with Crippen molar-refractivity contribution in [1.82, 2.24) is 0 Å². The zero-order chi connectivity index (χ0) is 17.7. The van der Waals surface area contributed by atoms with E-state index < -0.39 is 5.97 Å². The lowest BCUT2D eigenvalue weighted by molar-refractivity contribution is -0.305. The largest absolute Gasteiger partial charge is 1.00 e. The van der Waals surface area contributed by atoms with Crippen LogP contribution in [-0.2, 0) is 4.79 Å². The topological polar surface area (TPSA) is 40.1 Å². The third-order valence-corrected chi connectivity index (χ3v) is 4.98. The van der Waals surface area contributed by atoms with Crippen molar-refractivity contribution in [2.24, 2.45) is 0 Å². The van der Waals surface area contributed by atoms with Gasteiger partial charge in [-0.15, -0.1) is 0 Å². The molecule has 25 heavy (non-hydrogen) atoms. The molecule has 0 aliphatic carbocycles. The highest BCUT2D eigenvalue weighted by molar-refractivity contribution is 5.63. The second-order valence-corrected chi connectivity index (χ2v) is 7.49. The van der Waals surface area contributed by atoms with Gasteiger partial charge in [-0.2, -0.15) is 0 Å². The van der Waals surface area contributed by atoms with E-state index in [2.05, 4.69) is 6.92 Å². The van der Waals surface area contributed by atoms with Crippen LogP contribution in [0.25, 0.3) is 0 Å². The van der Waals surface area contributed by atoms with Crippen molar-refractivity contribution in [1.29, 1.82) is 0 Å². The van der Waals surface area contributed by atoms with Gasteiger partial charge in [0.25, 0.3) is 0 Å². The third kappa shape index (κ3) is 26.3. The van der Waals surface area contributed by atoms with Crippen LogP contribution in [0.4, 0.5) is 0 Å². The van der Waals surface area contributed by atoms with E-state index in [4.69, 9.17) is 0 Å². The molecule has 2 radical (unpaired) electrons. The van der Waals surface area contributed by atoms with Gasteiger partial charge in [-0.05, 0) is 12.8 Å². The predicted octanol–water partition coefficient (Wildman–Crippen LogP) is 6.56. The molecule has 0 aliphatic heterocycles. The van der Waals surface area contributed by atoms with E-state index in [0.717, 1.165) is 12.8 Å². The fourth-order valence-corrected chi connectivity index (χ4v) is 3.35. The second kappa shape index (κ2) is 23.9. The molecule has 2 nitrogen and oxygen atoms in total. The van der Waals surface area contributed by atoms with Crippen molar-refractivity contribution in [2.45, 2.75) is 135 Å². The number of rotatable bonds is 20. The van der Waals surface area contributed by atoms with Crippen LogP contribution in [0.1, 0.15) is 135 Å². The minimum atomic E-state index is -0.901. The molecular formula is C22H43BrO2. The van der Waals surface area contributed by atoms with Crippen LogP contribution in [0.5, 0.6) is 0 Å². The standard InChI is InChI=1S/C22H44O2.Br/c1-2-3-4-5-6-7-8-9-10-11-12-13-14-15-16-17-18-19-20-21-22(23)24;/h2-21H2,1H3,(H,23,24);/q;+1/p-1. The number of hydrogen-bond donors (Lipinski definition) is 0. The molecule has 0 aromatic carbocycles. The van der Waals surface area contributed by atoms with Gasteiger partial charge in [-0.3, -0.25) is 0 Å². The number of unbranched alkanes of at least 4 members (excludes halogenated alkanes) is 18. The van der Waals surface area contributed by atoms with Crippen LogP contribution in [0.15, 0.2) is 0 Å². The van der Waals surface area contributed by atoms with Gasteiger partial charge in [0.15, 0.2) is 0 Å². The molecule has 0 saturated heterocycles. The minimum Gasteiger partial charge on any atom is -0.550 e. The number of carboxylic acids is 1. The Kier molecular flexibility index (Phi) is 26.0. The molecule has 3 heteroatoms. The maximum Gasteiger partial charge on any atom is 1.00 e. The summed E-state index contributed by atoms with van der Waals surface area (Å²) < 4.78 is 0. The van der Waals surface area contributed by atoms with Crippen molar-refractivity contribution in [3.63, 3.8) is 0 Å². The summed E-state index contributed by atoms with van der Waals surface area (Å²) in [5, 5.41) is 10.3. The summed E-state index contributed by atoms with van der Waals surface area (Å²) in [6.07, 6.45) is 25.7. The summed E-state index contributed by atoms with van der Waals surface area (Å²) in [4.78, 5) is 10.3. The molecule has 0 aromatic rings. The number of carboxylic acid groups (broad SMARTS) is 1. The Hall–Kier alpha value is -0.0500. The fraction of sp³-hybridized carbons (Fsp3) is 0.955. The van der Waals surface area contributed by atoms with Gasteiger partial charge in [0.05, 0.1) is 0 Å². The minimum absolute atomic E-state index is 0. The Labute approximate surface area is 168 Å². The molecule has 0 atom stereocenters. The summed E-state index contributed by atoms with van der Waals surface area (Å²) in [5.74, 6) is -0.901. The first-order valence-corrected chi connectivity index (χ1v) is 11.0. The molecule has 0 bridgehead atoms. The van der Waals surface area contributed by atoms with Gasteiger partial charge < -0.3 is 9.90 Å². The second-order valence-electron chi connectivity index (χ2n) is 7.49. The molecule has 0 N–H and O–H groups in total. The molecule has 150 valence electrons. The first-order valence-electron chi connectivity index (χ1n) is 11.0. The SMILES string of the molecule is CCCCCCCCCCCCCCCCCCCCCC(=O)[O-].[Br+]. The average Bonchev–Trinajstić information content (AvgIpc) is 2.56. The number of carbonyl (C=O) groups is 1. The van der Waals surface area contributed by atoms with E-state index in [1.54, 1.807) is 0 Å². The molecule has 0 heterocycles. The lowest BCUT2D eigenvalue weighted by atomic mass is 10.0. The Morgan fingerprint density at radius 2 is 0.760 bits per heavy atom. The van der Waals surface area contributed by atoms with Crippen molar-refractivity contribution >= 4 is 5.97 Å². The van der Waals surface area contributed by atoms with E-state index in [9.17, 15) is 9.90 Å². The zero-order valence-corrected chi connectivity index (χ0v) is 18.4. The lowest BCUT2D eigenvalue weighted by Crippen LogP contribution is -2.21. The molecular weight excluding hydrogens is 376 g/mol. The number of carbonyl (C=O) groups excluding carboxylic acids is 1. The van der Waals surface area contributed by atoms with Crippen LogP contribution in [0.2, 0.25) is 0 Å². The van der Waals surface area contributed by atoms with E-state index in [0.29, 0.717) is 0 Å². The van der Waals surface area contributed by atoms with Gasteiger partial charge >= 0.3 is 17.0 Å². The predicted molar refractivity (Wildman–Crippen MR) is 103 cm³/mol. The Morgan fingerprint density at radius 1 is 0.520 bits per heavy atom. The summed E-state index contributed by atoms with van der Waals surface area (Å²) in [7, 11) is 0. The quantitative estimate of drug-likeness (QED) is 0.210. The maximum absolute atomic E-state index is 10.3. The van der Waals surface area contributed by atoms with Crippen molar-refractivity contribution < 1.29 is 26.9 Å². The third-order valence-electron chi connectivity index (χ3n) is 4.98. The average molecular weight is 419 g/mol. The van der Waals surface area contributed by atoms with E-state index in [-0.39, 0.29) is 23.4 Å². The summed E-state index contributed by atoms with van der Waals surface area (Å²) >= 11 is 0. The van der Waals surface area contributed by atoms with Crippen molar-refractivity contribution in [2.75, 3.05) is 0 Å². The molecule has 0 fully saturated rings. The van der Waals surface area contributed by atoms with Gasteiger partial charge in [-0.1, -0.05) is 122 Å². The van der Waals surface area contributed by atoms with E-state index in [1.807, 2.05) is 0 Å². The normalized spacial score (nSPS) is 10.6. The highest BCUT2D eigenvalue weighted by Gasteiger charge is 1.95. The molecule has 0 unspecified atom stereocenters. The van der Waals surface area contributed by atoms with E-state index in [1.165, 1.54) is 109 Å². The van der Waals surface area contributed by atoms with Gasteiger partial charge in [0.1, 0.15) is 0 Å². The highest BCUT2D eigenvalue weighted by Crippen LogP contribution is 2.14. The Bertz CT molecular complexity index is 256. The monoisotopic (exact) mass is 418 g/mol. The zero-order valence-electron chi connectivity index (χ0n) is 16.8. The molecule has 0 aliphatic rings. The fourth-order valence-electron chi connectivity index (χ4n) is 3.35. The Balaban J connectivity index is 0. The molecule has 0 amide bonds.